The lowest BCUT2D eigenvalue weighted by Crippen LogP contribution is -2.20. The number of aromatic nitrogens is 2. The highest BCUT2D eigenvalue weighted by Gasteiger charge is 2.18. The highest BCUT2D eigenvalue weighted by molar-refractivity contribution is 7.15. The summed E-state index contributed by atoms with van der Waals surface area (Å²) in [5.41, 5.74) is 0. The zero-order valence-electron chi connectivity index (χ0n) is 10.2. The Morgan fingerprint density at radius 1 is 1.38 bits per heavy atom. The Kier molecular flexibility index (Phi) is 4.16. The first kappa shape index (κ1) is 11.8. The van der Waals surface area contributed by atoms with Crippen LogP contribution in [0.4, 0.5) is 5.13 Å². The summed E-state index contributed by atoms with van der Waals surface area (Å²) in [4.78, 5) is 0. The highest BCUT2D eigenvalue weighted by atomic mass is 32.1. The van der Waals surface area contributed by atoms with Gasteiger partial charge in [0.05, 0.1) is 0 Å². The van der Waals surface area contributed by atoms with Gasteiger partial charge in [-0.05, 0) is 31.1 Å². The average Bonchev–Trinajstić information content (AvgIpc) is 2.74. The first-order valence-electron chi connectivity index (χ1n) is 6.34. The molecular formula is C12H21N3S. The van der Waals surface area contributed by atoms with Crippen LogP contribution in [0.5, 0.6) is 0 Å². The number of hydrogen-bond donors (Lipinski definition) is 1. The second-order valence-corrected chi connectivity index (χ2v) is 5.94. The Hall–Kier alpha value is -0.640. The summed E-state index contributed by atoms with van der Waals surface area (Å²) in [5.74, 6) is 1.74. The van der Waals surface area contributed by atoms with Crippen LogP contribution in [-0.2, 0) is 6.42 Å². The van der Waals surface area contributed by atoms with Gasteiger partial charge >= 0.3 is 0 Å². The highest BCUT2D eigenvalue weighted by Crippen LogP contribution is 2.29. The van der Waals surface area contributed by atoms with E-state index in [0.717, 1.165) is 34.9 Å². The number of rotatable bonds is 4. The predicted octanol–water partition coefficient (Wildman–Crippen LogP) is 3.34. The van der Waals surface area contributed by atoms with E-state index >= 15 is 0 Å². The van der Waals surface area contributed by atoms with E-state index in [0.29, 0.717) is 0 Å². The summed E-state index contributed by atoms with van der Waals surface area (Å²) in [6, 6.07) is 0. The fourth-order valence-electron chi connectivity index (χ4n) is 2.44. The third-order valence-electron chi connectivity index (χ3n) is 3.36. The molecule has 2 atom stereocenters. The predicted molar refractivity (Wildman–Crippen MR) is 68.9 cm³/mol. The number of hydrogen-bond acceptors (Lipinski definition) is 4. The number of aryl methyl sites for hydroxylation is 1. The molecule has 0 spiro atoms. The smallest absolute Gasteiger partial charge is 0.205 e. The summed E-state index contributed by atoms with van der Waals surface area (Å²) in [5, 5.41) is 13.8. The topological polar surface area (TPSA) is 37.8 Å². The standard InChI is InChI=1S/C12H21N3S/c1-3-11-14-15-12(16-11)13-8-10-6-4-5-9(2)7-10/h9-10H,3-8H2,1-2H3,(H,13,15). The van der Waals surface area contributed by atoms with Gasteiger partial charge < -0.3 is 5.32 Å². The number of nitrogens with one attached hydrogen (secondary N) is 1. The van der Waals surface area contributed by atoms with E-state index in [1.807, 2.05) is 0 Å². The molecule has 0 bridgehead atoms. The third kappa shape index (κ3) is 3.17. The van der Waals surface area contributed by atoms with Crippen LogP contribution in [0.25, 0.3) is 0 Å². The van der Waals surface area contributed by atoms with Gasteiger partial charge in [0.25, 0.3) is 0 Å². The molecule has 4 heteroatoms. The fourth-order valence-corrected chi connectivity index (χ4v) is 3.13. The van der Waals surface area contributed by atoms with Gasteiger partial charge in [-0.2, -0.15) is 0 Å². The van der Waals surface area contributed by atoms with E-state index in [2.05, 4.69) is 29.4 Å². The van der Waals surface area contributed by atoms with Crippen LogP contribution in [0.3, 0.4) is 0 Å². The molecule has 3 nitrogen and oxygen atoms in total. The van der Waals surface area contributed by atoms with Gasteiger partial charge in [0.1, 0.15) is 5.01 Å². The Bertz CT molecular complexity index is 324. The molecule has 0 saturated heterocycles. The molecule has 0 amide bonds. The van der Waals surface area contributed by atoms with Crippen LogP contribution >= 0.6 is 11.3 Å². The molecule has 2 unspecified atom stereocenters. The minimum Gasteiger partial charge on any atom is -0.360 e. The van der Waals surface area contributed by atoms with Gasteiger partial charge in [-0.25, -0.2) is 0 Å². The minimum atomic E-state index is 0.831. The van der Waals surface area contributed by atoms with Crippen molar-refractivity contribution < 1.29 is 0 Å². The maximum Gasteiger partial charge on any atom is 0.205 e. The molecule has 0 aromatic carbocycles. The maximum absolute atomic E-state index is 4.15. The van der Waals surface area contributed by atoms with E-state index < -0.39 is 0 Å². The lowest BCUT2D eigenvalue weighted by Gasteiger charge is -2.26. The molecular weight excluding hydrogens is 218 g/mol. The summed E-state index contributed by atoms with van der Waals surface area (Å²) in [6.07, 6.45) is 6.53. The summed E-state index contributed by atoms with van der Waals surface area (Å²) in [7, 11) is 0. The van der Waals surface area contributed by atoms with Crippen LogP contribution in [0.1, 0.15) is 44.5 Å². The first-order chi connectivity index (χ1) is 7.78. The van der Waals surface area contributed by atoms with Crippen LogP contribution < -0.4 is 5.32 Å². The van der Waals surface area contributed by atoms with Gasteiger partial charge in [0, 0.05) is 6.54 Å². The van der Waals surface area contributed by atoms with Crippen LogP contribution in [0.15, 0.2) is 0 Å². The van der Waals surface area contributed by atoms with Gasteiger partial charge in [0.2, 0.25) is 5.13 Å². The zero-order valence-corrected chi connectivity index (χ0v) is 11.0. The van der Waals surface area contributed by atoms with E-state index in [1.54, 1.807) is 11.3 Å². The molecule has 1 aliphatic rings. The Morgan fingerprint density at radius 3 is 2.94 bits per heavy atom. The van der Waals surface area contributed by atoms with Gasteiger partial charge in [-0.15, -0.1) is 10.2 Å². The average molecular weight is 239 g/mol. The summed E-state index contributed by atoms with van der Waals surface area (Å²) < 4.78 is 0. The second kappa shape index (κ2) is 5.62. The third-order valence-corrected chi connectivity index (χ3v) is 4.38. The SMILES string of the molecule is CCc1nnc(NCC2CCCC(C)C2)s1. The summed E-state index contributed by atoms with van der Waals surface area (Å²) in [6.45, 7) is 5.56. The molecule has 0 radical (unpaired) electrons. The second-order valence-electron chi connectivity index (χ2n) is 4.87. The largest absolute Gasteiger partial charge is 0.360 e. The van der Waals surface area contributed by atoms with Crippen molar-refractivity contribution in [3.63, 3.8) is 0 Å². The van der Waals surface area contributed by atoms with Crippen molar-refractivity contribution in [2.24, 2.45) is 11.8 Å². The molecule has 16 heavy (non-hydrogen) atoms. The fraction of sp³-hybridized carbons (Fsp3) is 0.833. The van der Waals surface area contributed by atoms with Gasteiger partial charge in [0.15, 0.2) is 0 Å². The van der Waals surface area contributed by atoms with Crippen LogP contribution in [0, 0.1) is 11.8 Å². The Morgan fingerprint density at radius 2 is 2.25 bits per heavy atom. The monoisotopic (exact) mass is 239 g/mol. The van der Waals surface area contributed by atoms with Gasteiger partial charge in [-0.3, -0.25) is 0 Å². The molecule has 1 heterocycles. The molecule has 1 saturated carbocycles. The van der Waals surface area contributed by atoms with Crippen molar-refractivity contribution in [1.82, 2.24) is 10.2 Å². The van der Waals surface area contributed by atoms with Crippen molar-refractivity contribution in [2.45, 2.75) is 46.0 Å². The van der Waals surface area contributed by atoms with Gasteiger partial charge in [-0.1, -0.05) is 38.0 Å². The van der Waals surface area contributed by atoms with Crippen molar-refractivity contribution in [2.75, 3.05) is 11.9 Å². The van der Waals surface area contributed by atoms with Crippen LogP contribution in [-0.4, -0.2) is 16.7 Å². The van der Waals surface area contributed by atoms with E-state index in [9.17, 15) is 0 Å². The molecule has 1 N–H and O–H groups in total. The molecule has 2 rings (SSSR count). The van der Waals surface area contributed by atoms with Crippen molar-refractivity contribution >= 4 is 16.5 Å². The molecule has 0 aliphatic heterocycles. The molecule has 1 fully saturated rings. The number of nitrogens with zero attached hydrogens (tertiary/aromatic N) is 2. The summed E-state index contributed by atoms with van der Waals surface area (Å²) >= 11 is 1.69. The molecule has 1 aliphatic carbocycles. The van der Waals surface area contributed by atoms with Crippen molar-refractivity contribution in [3.8, 4) is 0 Å². The lowest BCUT2D eigenvalue weighted by atomic mass is 9.82. The number of anilines is 1. The Balaban J connectivity index is 1.78. The van der Waals surface area contributed by atoms with Crippen LogP contribution in [0.2, 0.25) is 0 Å². The first-order valence-corrected chi connectivity index (χ1v) is 7.15. The minimum absolute atomic E-state index is 0.831. The quantitative estimate of drug-likeness (QED) is 0.875. The van der Waals surface area contributed by atoms with E-state index in [4.69, 9.17) is 0 Å². The van der Waals surface area contributed by atoms with Crippen molar-refractivity contribution in [1.29, 1.82) is 0 Å². The molecule has 90 valence electrons. The molecule has 1 aromatic rings. The lowest BCUT2D eigenvalue weighted by molar-refractivity contribution is 0.293. The molecule has 1 aromatic heterocycles. The van der Waals surface area contributed by atoms with Crippen molar-refractivity contribution in [3.05, 3.63) is 5.01 Å². The Labute approximate surface area is 102 Å². The van der Waals surface area contributed by atoms with E-state index in [1.165, 1.54) is 25.7 Å². The normalized spacial score (nSPS) is 25.6. The zero-order chi connectivity index (χ0) is 11.4. The maximum atomic E-state index is 4.15. The van der Waals surface area contributed by atoms with E-state index in [-0.39, 0.29) is 0 Å².